The normalized spacial score (nSPS) is 27.1. The highest BCUT2D eigenvalue weighted by Gasteiger charge is 2.14. The number of amides is 1. The van der Waals surface area contributed by atoms with Crippen LogP contribution < -0.4 is 0 Å². The van der Waals surface area contributed by atoms with Gasteiger partial charge in [-0.1, -0.05) is 15.9 Å². The van der Waals surface area contributed by atoms with E-state index in [2.05, 4.69) is 15.9 Å². The van der Waals surface area contributed by atoms with Crippen molar-refractivity contribution in [3.63, 3.8) is 0 Å². The van der Waals surface area contributed by atoms with E-state index in [0.717, 1.165) is 0 Å². The molecule has 0 aliphatic carbocycles. The Labute approximate surface area is 71.3 Å². The van der Waals surface area contributed by atoms with Gasteiger partial charge in [-0.15, -0.1) is 0 Å². The lowest BCUT2D eigenvalue weighted by Gasteiger charge is -2.25. The summed E-state index contributed by atoms with van der Waals surface area (Å²) >= 11 is 3.03. The Bertz CT molecular complexity index is 188. The average molecular weight is 210 g/mol. The second-order valence-corrected chi connectivity index (χ2v) is 2.50. The van der Waals surface area contributed by atoms with Crippen molar-refractivity contribution in [2.45, 2.75) is 0 Å². The minimum absolute atomic E-state index is 0.0252. The van der Waals surface area contributed by atoms with Crippen molar-refractivity contribution < 1.29 is 12.3 Å². The summed E-state index contributed by atoms with van der Waals surface area (Å²) in [6.45, 7) is -0.913. The number of nitrogens with zero attached hydrogens (tertiary/aromatic N) is 1. The molecule has 0 N–H and O–H groups in total. The summed E-state index contributed by atoms with van der Waals surface area (Å²) in [5.41, 5.74) is 0. The summed E-state index contributed by atoms with van der Waals surface area (Å²) in [6.07, 6.45) is 0. The maximum absolute atomic E-state index is 11.1. The summed E-state index contributed by atoms with van der Waals surface area (Å²) in [5, 5.41) is 0.239. The van der Waals surface area contributed by atoms with Gasteiger partial charge in [0, 0.05) is 13.1 Å². The first-order valence-corrected chi connectivity index (χ1v) is 4.15. The van der Waals surface area contributed by atoms with E-state index >= 15 is 0 Å². The van der Waals surface area contributed by atoms with Gasteiger partial charge in [0.05, 0.1) is 21.2 Å². The van der Waals surface area contributed by atoms with Gasteiger partial charge < -0.3 is 9.64 Å². The Hall–Kier alpha value is -0.0900. The third-order valence-electron chi connectivity index (χ3n) is 1.29. The Balaban J connectivity index is 2.52. The zero-order chi connectivity index (χ0) is 9.19. The van der Waals surface area contributed by atoms with E-state index in [1.165, 1.54) is 4.90 Å². The van der Waals surface area contributed by atoms with E-state index in [4.69, 9.17) is 7.48 Å². The Morgan fingerprint density at radius 1 is 1.80 bits per heavy atom. The second-order valence-electron chi connectivity index (χ2n) is 1.94. The molecule has 0 aromatic carbocycles. The molecule has 0 bridgehead atoms. The van der Waals surface area contributed by atoms with Crippen LogP contribution >= 0.6 is 15.9 Å². The van der Waals surface area contributed by atoms with Gasteiger partial charge in [0.25, 0.3) is 0 Å². The molecule has 0 atom stereocenters. The quantitative estimate of drug-likeness (QED) is 0.580. The summed E-state index contributed by atoms with van der Waals surface area (Å²) < 4.78 is 19.3. The van der Waals surface area contributed by atoms with Crippen LogP contribution in [0.3, 0.4) is 0 Å². The molecular formula is C6H10BrNO2. The fourth-order valence-corrected chi connectivity index (χ4v) is 1.08. The van der Waals surface area contributed by atoms with Crippen LogP contribution in [-0.4, -0.2) is 42.4 Å². The van der Waals surface area contributed by atoms with Crippen molar-refractivity contribution in [3.8, 4) is 0 Å². The topological polar surface area (TPSA) is 29.5 Å². The summed E-state index contributed by atoms with van der Waals surface area (Å²) in [7, 11) is 0. The fourth-order valence-electron chi connectivity index (χ4n) is 0.728. The van der Waals surface area contributed by atoms with Crippen molar-refractivity contribution in [2.75, 3.05) is 31.6 Å². The van der Waals surface area contributed by atoms with Crippen LogP contribution in [-0.2, 0) is 9.53 Å². The highest BCUT2D eigenvalue weighted by atomic mass is 79.9. The maximum atomic E-state index is 11.1. The van der Waals surface area contributed by atoms with Crippen LogP contribution in [0.2, 0.25) is 0 Å². The van der Waals surface area contributed by atoms with E-state index in [1.54, 1.807) is 0 Å². The van der Waals surface area contributed by atoms with E-state index in [1.807, 2.05) is 0 Å². The lowest BCUT2D eigenvalue weighted by molar-refractivity contribution is -0.132. The molecule has 0 spiro atoms. The second kappa shape index (κ2) is 3.93. The van der Waals surface area contributed by atoms with Crippen LogP contribution in [0, 0.1) is 0 Å². The zero-order valence-corrected chi connectivity index (χ0v) is 7.06. The third-order valence-corrected chi connectivity index (χ3v) is 1.77. The molecule has 10 heavy (non-hydrogen) atoms. The third kappa shape index (κ3) is 1.95. The molecule has 4 heteroatoms. The number of hydrogen-bond donors (Lipinski definition) is 0. The molecule has 1 fully saturated rings. The van der Waals surface area contributed by atoms with Crippen molar-refractivity contribution in [1.29, 1.82) is 0 Å². The maximum Gasteiger partial charge on any atom is 0.233 e. The highest BCUT2D eigenvalue weighted by Crippen LogP contribution is 1.98. The summed E-state index contributed by atoms with van der Waals surface area (Å²) in [6, 6.07) is 0. The minimum atomic E-state index is -1.68. The van der Waals surface area contributed by atoms with Gasteiger partial charge in [-0.2, -0.15) is 0 Å². The van der Waals surface area contributed by atoms with Gasteiger partial charge in [0.15, 0.2) is 0 Å². The molecule has 58 valence electrons. The average Bonchev–Trinajstić information content (AvgIpc) is 2.01. The number of hydrogen-bond acceptors (Lipinski definition) is 2. The number of halogens is 1. The van der Waals surface area contributed by atoms with Gasteiger partial charge >= 0.3 is 0 Å². The lowest BCUT2D eigenvalue weighted by atomic mass is 10.4. The number of carbonyl (C=O) groups is 1. The molecule has 1 saturated heterocycles. The molecule has 0 unspecified atom stereocenters. The van der Waals surface area contributed by atoms with Gasteiger partial charge in [-0.05, 0) is 0 Å². The van der Waals surface area contributed by atoms with Crippen molar-refractivity contribution >= 4 is 21.8 Å². The molecular weight excluding hydrogens is 198 g/mol. The minimum Gasteiger partial charge on any atom is -0.378 e. The number of morpholine rings is 1. The molecule has 0 radical (unpaired) electrons. The molecule has 1 rings (SSSR count). The monoisotopic (exact) mass is 209 g/mol. The number of rotatable bonds is 1. The molecule has 3 nitrogen and oxygen atoms in total. The number of alkyl halides is 1. The molecule has 1 aliphatic rings. The van der Waals surface area contributed by atoms with Crippen molar-refractivity contribution in [1.82, 2.24) is 4.90 Å². The standard InChI is InChI=1S/C6H10BrNO2/c7-5-6(9)8-1-3-10-4-2-8/h1-5H2/i3D2. The Morgan fingerprint density at radius 2 is 2.60 bits per heavy atom. The van der Waals surface area contributed by atoms with Crippen molar-refractivity contribution in [2.24, 2.45) is 0 Å². The van der Waals surface area contributed by atoms with Crippen LogP contribution in [0.25, 0.3) is 0 Å². The van der Waals surface area contributed by atoms with E-state index in [-0.39, 0.29) is 24.4 Å². The zero-order valence-electron chi connectivity index (χ0n) is 7.47. The molecule has 1 amide bonds. The lowest BCUT2D eigenvalue weighted by Crippen LogP contribution is -2.41. The first-order chi connectivity index (χ1) is 5.55. The smallest absolute Gasteiger partial charge is 0.233 e. The number of ether oxygens (including phenoxy) is 1. The first kappa shape index (κ1) is 5.55. The summed E-state index contributed by atoms with van der Waals surface area (Å²) in [4.78, 5) is 12.6. The largest absolute Gasteiger partial charge is 0.378 e. The van der Waals surface area contributed by atoms with Gasteiger partial charge in [-0.3, -0.25) is 4.79 Å². The predicted octanol–water partition coefficient (Wildman–Crippen LogP) is 0.240. The van der Waals surface area contributed by atoms with E-state index < -0.39 is 6.56 Å². The molecule has 1 heterocycles. The van der Waals surface area contributed by atoms with Crippen molar-refractivity contribution in [3.05, 3.63) is 0 Å². The molecule has 0 aromatic rings. The molecule has 1 aliphatic heterocycles. The van der Waals surface area contributed by atoms with Crippen LogP contribution in [0.4, 0.5) is 0 Å². The van der Waals surface area contributed by atoms with Crippen LogP contribution in [0.5, 0.6) is 0 Å². The number of carbonyl (C=O) groups excluding carboxylic acids is 1. The summed E-state index contributed by atoms with van der Waals surface area (Å²) in [5.74, 6) is -0.0952. The van der Waals surface area contributed by atoms with Gasteiger partial charge in [-0.25, -0.2) is 0 Å². The van der Waals surface area contributed by atoms with Crippen LogP contribution in [0.1, 0.15) is 2.74 Å². The molecule has 0 saturated carbocycles. The van der Waals surface area contributed by atoms with Crippen LogP contribution in [0.15, 0.2) is 0 Å². The van der Waals surface area contributed by atoms with E-state index in [9.17, 15) is 4.79 Å². The van der Waals surface area contributed by atoms with E-state index in [0.29, 0.717) is 6.54 Å². The predicted molar refractivity (Wildman–Crippen MR) is 41.2 cm³/mol. The Morgan fingerprint density at radius 3 is 3.20 bits per heavy atom. The first-order valence-electron chi connectivity index (χ1n) is 4.03. The fraction of sp³-hybridized carbons (Fsp3) is 0.833. The Kier molecular flexibility index (Phi) is 2.18. The van der Waals surface area contributed by atoms with Gasteiger partial charge in [0.1, 0.15) is 0 Å². The van der Waals surface area contributed by atoms with Gasteiger partial charge in [0.2, 0.25) is 5.91 Å². The highest BCUT2D eigenvalue weighted by molar-refractivity contribution is 9.09. The SMILES string of the molecule is [2H]C1([2H])CN(C(=O)CBr)CCO1. The molecule has 0 aromatic heterocycles.